The number of fused-ring (bicyclic) bond motifs is 1. The van der Waals surface area contributed by atoms with E-state index in [4.69, 9.17) is 9.47 Å². The van der Waals surface area contributed by atoms with Gasteiger partial charge in [-0.25, -0.2) is 0 Å². The fourth-order valence-electron chi connectivity index (χ4n) is 3.80. The predicted octanol–water partition coefficient (Wildman–Crippen LogP) is 3.56. The first-order chi connectivity index (χ1) is 16.5. The second-order valence-electron chi connectivity index (χ2n) is 8.14. The number of nitrogens with zero attached hydrogens (tertiary/aromatic N) is 3. The molecule has 8 heteroatoms. The van der Waals surface area contributed by atoms with E-state index in [1.165, 1.54) is 10.5 Å². The summed E-state index contributed by atoms with van der Waals surface area (Å²) in [4.78, 5) is 30.6. The summed E-state index contributed by atoms with van der Waals surface area (Å²) < 4.78 is 12.9. The lowest BCUT2D eigenvalue weighted by Crippen LogP contribution is -2.32. The fraction of sp³-hybridized carbons (Fsp3) is 0.308. The summed E-state index contributed by atoms with van der Waals surface area (Å²) in [7, 11) is 0. The van der Waals surface area contributed by atoms with E-state index >= 15 is 0 Å². The molecule has 4 rings (SSSR count). The van der Waals surface area contributed by atoms with Crippen LogP contribution in [0, 0.1) is 18.3 Å². The van der Waals surface area contributed by atoms with Crippen molar-refractivity contribution in [2.24, 2.45) is 0 Å². The third-order valence-electron chi connectivity index (χ3n) is 5.76. The summed E-state index contributed by atoms with van der Waals surface area (Å²) in [6.07, 6.45) is 5.46. The lowest BCUT2D eigenvalue weighted by molar-refractivity contribution is -0.117. The van der Waals surface area contributed by atoms with E-state index in [0.29, 0.717) is 24.5 Å². The Morgan fingerprint density at radius 1 is 1.35 bits per heavy atom. The number of nitriles is 1. The Labute approximate surface area is 197 Å². The van der Waals surface area contributed by atoms with Crippen molar-refractivity contribution in [2.75, 3.05) is 13.2 Å². The summed E-state index contributed by atoms with van der Waals surface area (Å²) in [5.74, 6) is -0.0498. The first-order valence-corrected chi connectivity index (χ1v) is 11.3. The molecule has 1 atom stereocenters. The monoisotopic (exact) mass is 458 g/mol. The third-order valence-corrected chi connectivity index (χ3v) is 5.76. The van der Waals surface area contributed by atoms with Gasteiger partial charge in [0.1, 0.15) is 28.6 Å². The Morgan fingerprint density at radius 2 is 2.15 bits per heavy atom. The van der Waals surface area contributed by atoms with Gasteiger partial charge in [-0.3, -0.25) is 14.0 Å². The van der Waals surface area contributed by atoms with Crippen LogP contribution in [0.4, 0.5) is 0 Å². The summed E-state index contributed by atoms with van der Waals surface area (Å²) >= 11 is 0. The molecule has 0 spiro atoms. The number of pyridine rings is 1. The van der Waals surface area contributed by atoms with Gasteiger partial charge in [0.15, 0.2) is 0 Å². The van der Waals surface area contributed by atoms with Crippen LogP contribution >= 0.6 is 0 Å². The average molecular weight is 459 g/mol. The van der Waals surface area contributed by atoms with E-state index < -0.39 is 11.5 Å². The van der Waals surface area contributed by atoms with Gasteiger partial charge in [-0.2, -0.15) is 10.2 Å². The molecule has 0 bridgehead atoms. The lowest BCUT2D eigenvalue weighted by atomic mass is 10.1. The molecule has 34 heavy (non-hydrogen) atoms. The number of hydrogen-bond donors (Lipinski definition) is 1. The molecule has 1 amide bonds. The smallest absolute Gasteiger partial charge is 0.269 e. The van der Waals surface area contributed by atoms with Gasteiger partial charge in [0, 0.05) is 19.3 Å². The largest absolute Gasteiger partial charge is 0.438 e. The van der Waals surface area contributed by atoms with Crippen LogP contribution in [0.5, 0.6) is 11.6 Å². The zero-order valence-electron chi connectivity index (χ0n) is 19.2. The Morgan fingerprint density at radius 3 is 2.82 bits per heavy atom. The fourth-order valence-corrected chi connectivity index (χ4v) is 3.80. The number of rotatable bonds is 7. The zero-order valence-corrected chi connectivity index (χ0v) is 19.2. The van der Waals surface area contributed by atoms with Gasteiger partial charge in [-0.05, 0) is 61.6 Å². The summed E-state index contributed by atoms with van der Waals surface area (Å²) in [5, 5.41) is 12.4. The van der Waals surface area contributed by atoms with Crippen molar-refractivity contribution in [3.63, 3.8) is 0 Å². The molecule has 1 fully saturated rings. The van der Waals surface area contributed by atoms with Crippen LogP contribution < -0.4 is 15.6 Å². The molecule has 8 nitrogen and oxygen atoms in total. The zero-order chi connectivity index (χ0) is 24.1. The number of aryl methyl sites for hydroxylation is 2. The van der Waals surface area contributed by atoms with Gasteiger partial charge < -0.3 is 14.8 Å². The van der Waals surface area contributed by atoms with Crippen LogP contribution in [-0.4, -0.2) is 34.5 Å². The second-order valence-corrected chi connectivity index (χ2v) is 8.14. The third kappa shape index (κ3) is 5.00. The summed E-state index contributed by atoms with van der Waals surface area (Å²) in [5.41, 5.74) is 1.74. The van der Waals surface area contributed by atoms with E-state index in [9.17, 15) is 14.9 Å². The Balaban J connectivity index is 1.74. The van der Waals surface area contributed by atoms with Crippen molar-refractivity contribution < 1.29 is 14.3 Å². The Bertz CT molecular complexity index is 1330. The first-order valence-electron chi connectivity index (χ1n) is 11.3. The molecule has 1 N–H and O–H groups in total. The first kappa shape index (κ1) is 23.2. The van der Waals surface area contributed by atoms with E-state index in [2.05, 4.69) is 17.2 Å². The molecule has 1 saturated heterocycles. The van der Waals surface area contributed by atoms with Gasteiger partial charge in [-0.1, -0.05) is 25.1 Å². The van der Waals surface area contributed by atoms with Crippen molar-refractivity contribution in [2.45, 2.75) is 39.2 Å². The molecule has 3 aromatic rings. The number of hydrogen-bond acceptors (Lipinski definition) is 6. The second kappa shape index (κ2) is 10.3. The van der Waals surface area contributed by atoms with Crippen molar-refractivity contribution in [3.8, 4) is 17.7 Å². The SMILES string of the molecule is CCc1ccc(Oc2nc3c(C)cccn3c(=O)c2/C=C(\C#N)C(=O)NC[C@H]2CCCO2)cc1. The van der Waals surface area contributed by atoms with E-state index in [-0.39, 0.29) is 23.1 Å². The molecule has 3 heterocycles. The molecular weight excluding hydrogens is 432 g/mol. The normalized spacial score (nSPS) is 15.8. The molecule has 174 valence electrons. The number of carbonyl (C=O) groups is 1. The quantitative estimate of drug-likeness (QED) is 0.429. The highest BCUT2D eigenvalue weighted by molar-refractivity contribution is 6.01. The Hall–Kier alpha value is -3.96. The minimum Gasteiger partial charge on any atom is -0.438 e. The highest BCUT2D eigenvalue weighted by Crippen LogP contribution is 2.25. The summed E-state index contributed by atoms with van der Waals surface area (Å²) in [6.45, 7) is 4.87. The van der Waals surface area contributed by atoms with Gasteiger partial charge >= 0.3 is 0 Å². The number of nitrogens with one attached hydrogen (secondary N) is 1. The highest BCUT2D eigenvalue weighted by atomic mass is 16.5. The average Bonchev–Trinajstić information content (AvgIpc) is 3.37. The van der Waals surface area contributed by atoms with Crippen molar-refractivity contribution in [1.29, 1.82) is 5.26 Å². The standard InChI is InChI=1S/C26H26N4O4/c1-3-18-8-10-20(11-9-18)34-25-22(26(32)30-12-4-6-17(2)23(30)29-25)14-19(15-27)24(31)28-16-21-7-5-13-33-21/h4,6,8-12,14,21H,3,5,7,13,16H2,1-2H3,(H,28,31)/b19-14+/t21-/m1/s1. The minimum atomic E-state index is -0.579. The molecule has 0 unspecified atom stereocenters. The molecule has 1 aliphatic rings. The molecular formula is C26H26N4O4. The van der Waals surface area contributed by atoms with Crippen LogP contribution in [0.2, 0.25) is 0 Å². The van der Waals surface area contributed by atoms with Crippen molar-refractivity contribution >= 4 is 17.6 Å². The molecule has 0 aliphatic carbocycles. The van der Waals surface area contributed by atoms with Gasteiger partial charge in [0.25, 0.3) is 11.5 Å². The van der Waals surface area contributed by atoms with Crippen LogP contribution in [-0.2, 0) is 16.0 Å². The minimum absolute atomic E-state index is 0.0199. The van der Waals surface area contributed by atoms with Gasteiger partial charge in [0.05, 0.1) is 6.10 Å². The molecule has 0 saturated carbocycles. The Kier molecular flexibility index (Phi) is 7.04. The maximum atomic E-state index is 13.4. The number of ether oxygens (including phenoxy) is 2. The molecule has 1 aliphatic heterocycles. The van der Waals surface area contributed by atoms with Crippen LogP contribution in [0.15, 0.2) is 53.0 Å². The number of aromatic nitrogens is 2. The lowest BCUT2D eigenvalue weighted by Gasteiger charge is -2.12. The van der Waals surface area contributed by atoms with Gasteiger partial charge in [0.2, 0.25) is 5.88 Å². The van der Waals surface area contributed by atoms with E-state index in [1.54, 1.807) is 24.4 Å². The van der Waals surface area contributed by atoms with Crippen LogP contribution in [0.25, 0.3) is 11.7 Å². The topological polar surface area (TPSA) is 106 Å². The maximum absolute atomic E-state index is 13.4. The maximum Gasteiger partial charge on any atom is 0.269 e. The summed E-state index contributed by atoms with van der Waals surface area (Å²) in [6, 6.07) is 12.9. The van der Waals surface area contributed by atoms with Crippen LogP contribution in [0.3, 0.4) is 0 Å². The van der Waals surface area contributed by atoms with Crippen molar-refractivity contribution in [3.05, 3.63) is 75.2 Å². The van der Waals surface area contributed by atoms with Gasteiger partial charge in [-0.15, -0.1) is 0 Å². The molecule has 1 aromatic carbocycles. The number of carbonyl (C=O) groups excluding carboxylic acids is 1. The highest BCUT2D eigenvalue weighted by Gasteiger charge is 2.20. The molecule has 0 radical (unpaired) electrons. The number of amides is 1. The van der Waals surface area contributed by atoms with E-state index in [0.717, 1.165) is 30.4 Å². The van der Waals surface area contributed by atoms with E-state index in [1.807, 2.05) is 31.2 Å². The molecule has 2 aromatic heterocycles. The predicted molar refractivity (Wildman–Crippen MR) is 128 cm³/mol. The number of benzene rings is 1. The van der Waals surface area contributed by atoms with Crippen LogP contribution in [0.1, 0.15) is 36.5 Å². The van der Waals surface area contributed by atoms with Crippen molar-refractivity contribution in [1.82, 2.24) is 14.7 Å².